The molecule has 0 aliphatic carbocycles. The summed E-state index contributed by atoms with van der Waals surface area (Å²) in [6.45, 7) is 9.76. The average Bonchev–Trinajstić information content (AvgIpc) is 2.37. The fourth-order valence-electron chi connectivity index (χ4n) is 1.76. The van der Waals surface area contributed by atoms with E-state index in [1.54, 1.807) is 0 Å². The molecule has 0 rings (SSSR count). The Bertz CT molecular complexity index is 157. The van der Waals surface area contributed by atoms with Crippen molar-refractivity contribution < 1.29 is 4.74 Å². The van der Waals surface area contributed by atoms with Crippen molar-refractivity contribution in [3.63, 3.8) is 0 Å². The maximum absolute atomic E-state index is 5.07. The van der Waals surface area contributed by atoms with Crippen LogP contribution in [0.1, 0.15) is 71.1 Å². The molecule has 0 aromatic carbocycles. The minimum atomic E-state index is 0.847. The van der Waals surface area contributed by atoms with Gasteiger partial charge in [-0.25, -0.2) is 0 Å². The van der Waals surface area contributed by atoms with Gasteiger partial charge in [0.2, 0.25) is 0 Å². The summed E-state index contributed by atoms with van der Waals surface area (Å²) in [5.74, 6) is 0. The van der Waals surface area contributed by atoms with Crippen LogP contribution in [0.15, 0.2) is 25.0 Å². The van der Waals surface area contributed by atoms with Gasteiger partial charge in [0, 0.05) is 0 Å². The van der Waals surface area contributed by atoms with Crippen molar-refractivity contribution in [2.24, 2.45) is 0 Å². The van der Waals surface area contributed by atoms with E-state index in [0.717, 1.165) is 6.61 Å². The predicted molar refractivity (Wildman–Crippen MR) is 84.0 cm³/mol. The van der Waals surface area contributed by atoms with E-state index in [9.17, 15) is 0 Å². The molecule has 0 aromatic rings. The van der Waals surface area contributed by atoms with Crippen molar-refractivity contribution in [3.8, 4) is 0 Å². The molecule has 0 fully saturated rings. The Balaban J connectivity index is 0. The number of unbranched alkanes of at least 4 members (excludes halogenated alkanes) is 9. The van der Waals surface area contributed by atoms with Crippen LogP contribution in [0.25, 0.3) is 0 Å². The van der Waals surface area contributed by atoms with Gasteiger partial charge < -0.3 is 4.74 Å². The van der Waals surface area contributed by atoms with Gasteiger partial charge in [0.05, 0.1) is 12.9 Å². The van der Waals surface area contributed by atoms with Gasteiger partial charge in [-0.1, -0.05) is 89.5 Å². The maximum Gasteiger partial charge on any atom is 0.0873 e. The number of hydrogen-bond acceptors (Lipinski definition) is 1. The quantitative estimate of drug-likeness (QED) is 0.294. The molecule has 1 nitrogen and oxygen atoms in total. The van der Waals surface area contributed by atoms with Crippen molar-refractivity contribution in [1.82, 2.24) is 0 Å². The van der Waals surface area contributed by atoms with Gasteiger partial charge in [-0.3, -0.25) is 0 Å². The van der Waals surface area contributed by atoms with Crippen molar-refractivity contribution in [3.05, 3.63) is 25.0 Å². The second kappa shape index (κ2) is 21.8. The molecular weight excluding hydrogens is 244 g/mol. The van der Waals surface area contributed by atoms with Crippen LogP contribution in [-0.4, -0.2) is 6.61 Å². The first-order valence-electron chi connectivity index (χ1n) is 7.27. The highest BCUT2D eigenvalue weighted by atomic mass is 35.5. The smallest absolute Gasteiger partial charge is 0.0873 e. The molecule has 18 heavy (non-hydrogen) atoms. The molecular formula is C16H31ClO. The van der Waals surface area contributed by atoms with E-state index >= 15 is 0 Å². The summed E-state index contributed by atoms with van der Waals surface area (Å²) >= 11 is 4.76. The largest absolute Gasteiger partial charge is 0.502 e. The predicted octanol–water partition coefficient (Wildman–Crippen LogP) is 6.44. The Labute approximate surface area is 119 Å². The molecule has 0 spiro atoms. The third-order valence-corrected chi connectivity index (χ3v) is 2.73. The van der Waals surface area contributed by atoms with E-state index in [4.69, 9.17) is 16.3 Å². The lowest BCUT2D eigenvalue weighted by Gasteiger charge is -2.02. The van der Waals surface area contributed by atoms with E-state index in [-0.39, 0.29) is 0 Å². The molecule has 0 N–H and O–H groups in total. The fourth-order valence-corrected chi connectivity index (χ4v) is 1.76. The van der Waals surface area contributed by atoms with Gasteiger partial charge in [0.1, 0.15) is 0 Å². The molecule has 108 valence electrons. The lowest BCUT2D eigenvalue weighted by Crippen LogP contribution is -1.87. The van der Waals surface area contributed by atoms with Crippen LogP contribution < -0.4 is 0 Å². The Kier molecular flexibility index (Phi) is 24.1. The van der Waals surface area contributed by atoms with Crippen molar-refractivity contribution in [1.29, 1.82) is 0 Å². The highest BCUT2D eigenvalue weighted by Gasteiger charge is 1.92. The Morgan fingerprint density at radius 2 is 1.22 bits per heavy atom. The van der Waals surface area contributed by atoms with Crippen LogP contribution in [0.2, 0.25) is 0 Å². The minimum absolute atomic E-state index is 0.847. The Morgan fingerprint density at radius 3 is 1.61 bits per heavy atom. The van der Waals surface area contributed by atoms with Crippen molar-refractivity contribution >= 4 is 11.6 Å². The summed E-state index contributed by atoms with van der Waals surface area (Å²) < 4.78 is 5.07. The zero-order valence-corrected chi connectivity index (χ0v) is 12.9. The van der Waals surface area contributed by atoms with E-state index in [1.165, 1.54) is 76.0 Å². The highest BCUT2D eigenvalue weighted by Crippen LogP contribution is 2.10. The third kappa shape index (κ3) is 24.7. The number of halogens is 1. The Hall–Kier alpha value is -0.430. The normalized spacial score (nSPS) is 9.22. The number of hydrogen-bond donors (Lipinski definition) is 0. The molecule has 0 heterocycles. The summed E-state index contributed by atoms with van der Waals surface area (Å²) in [5.41, 5.74) is 1.22. The third-order valence-electron chi connectivity index (χ3n) is 2.73. The van der Waals surface area contributed by atoms with Gasteiger partial charge in [-0.2, -0.15) is 0 Å². The number of rotatable bonds is 12. The first kappa shape index (κ1) is 19.9. The minimum Gasteiger partial charge on any atom is -0.502 e. The van der Waals surface area contributed by atoms with Crippen LogP contribution in [-0.2, 0) is 4.74 Å². The van der Waals surface area contributed by atoms with Crippen LogP contribution in [0.5, 0.6) is 0 Å². The van der Waals surface area contributed by atoms with Crippen LogP contribution >= 0.6 is 11.6 Å². The van der Waals surface area contributed by atoms with Crippen molar-refractivity contribution in [2.45, 2.75) is 71.1 Å². The SMILES string of the molecule is C=CCl.C=COCCCCCCCCCCCC. The second-order valence-electron chi connectivity index (χ2n) is 4.37. The molecule has 0 aliphatic heterocycles. The van der Waals surface area contributed by atoms with Gasteiger partial charge >= 0.3 is 0 Å². The second-order valence-corrected chi connectivity index (χ2v) is 4.68. The molecule has 0 amide bonds. The lowest BCUT2D eigenvalue weighted by molar-refractivity contribution is 0.241. The molecule has 0 saturated heterocycles. The van der Waals surface area contributed by atoms with Crippen LogP contribution in [0.3, 0.4) is 0 Å². The Morgan fingerprint density at radius 1 is 0.833 bits per heavy atom. The van der Waals surface area contributed by atoms with Gasteiger partial charge in [0.25, 0.3) is 0 Å². The number of ether oxygens (including phenoxy) is 1. The van der Waals surface area contributed by atoms with Gasteiger partial charge in [-0.05, 0) is 12.0 Å². The van der Waals surface area contributed by atoms with Crippen LogP contribution in [0.4, 0.5) is 0 Å². The van der Waals surface area contributed by atoms with E-state index in [2.05, 4.69) is 20.1 Å². The molecule has 0 bridgehead atoms. The highest BCUT2D eigenvalue weighted by molar-refractivity contribution is 6.25. The molecule has 0 saturated carbocycles. The van der Waals surface area contributed by atoms with Crippen LogP contribution in [0, 0.1) is 0 Å². The lowest BCUT2D eigenvalue weighted by atomic mass is 10.1. The summed E-state index contributed by atoms with van der Waals surface area (Å²) in [6.07, 6.45) is 15.3. The summed E-state index contributed by atoms with van der Waals surface area (Å²) in [5, 5.41) is 0. The van der Waals surface area contributed by atoms with Gasteiger partial charge in [0.15, 0.2) is 0 Å². The summed E-state index contributed by atoms with van der Waals surface area (Å²) in [4.78, 5) is 0. The summed E-state index contributed by atoms with van der Waals surface area (Å²) in [6, 6.07) is 0. The fraction of sp³-hybridized carbons (Fsp3) is 0.750. The van der Waals surface area contributed by atoms with E-state index in [1.807, 2.05) is 0 Å². The topological polar surface area (TPSA) is 9.23 Å². The molecule has 0 unspecified atom stereocenters. The standard InChI is InChI=1S/C14H28O.C2H3Cl/c1-3-5-6-7-8-9-10-11-12-13-14-15-4-2;1-2-3/h4H,2-3,5-14H2,1H3;2H,1H2. The van der Waals surface area contributed by atoms with Crippen molar-refractivity contribution in [2.75, 3.05) is 6.61 Å². The summed E-state index contributed by atoms with van der Waals surface area (Å²) in [7, 11) is 0. The average molecular weight is 275 g/mol. The molecule has 0 atom stereocenters. The maximum atomic E-state index is 5.07. The zero-order chi connectivity index (χ0) is 13.9. The molecule has 0 radical (unpaired) electrons. The first-order valence-corrected chi connectivity index (χ1v) is 7.70. The van der Waals surface area contributed by atoms with E-state index in [0.29, 0.717) is 0 Å². The van der Waals surface area contributed by atoms with E-state index < -0.39 is 0 Å². The molecule has 0 aliphatic rings. The monoisotopic (exact) mass is 274 g/mol. The zero-order valence-electron chi connectivity index (χ0n) is 12.1. The van der Waals surface area contributed by atoms with Gasteiger partial charge in [-0.15, -0.1) is 0 Å². The molecule has 2 heteroatoms. The molecule has 0 aromatic heterocycles. The first-order chi connectivity index (χ1) is 8.83.